The molecule has 1 heterocycles. The summed E-state index contributed by atoms with van der Waals surface area (Å²) in [5.41, 5.74) is 1.77. The standard InChI is InChI=1S/C16H23FN2O/c1-20-11-13-6-7-19(10-13)16-5-2-12(8-15(16)17)9-18-14-3-4-14/h2,5,8,13-14,18H,3-4,6-7,9-11H2,1H3. The molecule has 1 unspecified atom stereocenters. The fraction of sp³-hybridized carbons (Fsp3) is 0.625. The van der Waals surface area contributed by atoms with Crippen molar-refractivity contribution in [2.75, 3.05) is 31.7 Å². The van der Waals surface area contributed by atoms with Crippen LogP contribution in [0.15, 0.2) is 18.2 Å². The number of hydrogen-bond acceptors (Lipinski definition) is 3. The number of methoxy groups -OCH3 is 1. The number of benzene rings is 1. The van der Waals surface area contributed by atoms with Gasteiger partial charge in [0.15, 0.2) is 0 Å². The highest BCUT2D eigenvalue weighted by Crippen LogP contribution is 2.27. The normalized spacial score (nSPS) is 22.5. The summed E-state index contributed by atoms with van der Waals surface area (Å²) in [5, 5.41) is 3.42. The second-order valence-corrected chi connectivity index (χ2v) is 6.00. The van der Waals surface area contributed by atoms with E-state index < -0.39 is 0 Å². The third-order valence-electron chi connectivity index (χ3n) is 4.21. The number of anilines is 1. The molecule has 4 heteroatoms. The number of hydrogen-bond donors (Lipinski definition) is 1. The highest BCUT2D eigenvalue weighted by atomic mass is 19.1. The van der Waals surface area contributed by atoms with E-state index in [0.717, 1.165) is 43.9 Å². The largest absolute Gasteiger partial charge is 0.384 e. The lowest BCUT2D eigenvalue weighted by molar-refractivity contribution is 0.161. The Morgan fingerprint density at radius 2 is 2.20 bits per heavy atom. The van der Waals surface area contributed by atoms with Crippen LogP contribution in [0, 0.1) is 11.7 Å². The van der Waals surface area contributed by atoms with E-state index in [0.29, 0.717) is 12.0 Å². The minimum absolute atomic E-state index is 0.0989. The quantitative estimate of drug-likeness (QED) is 0.865. The predicted octanol–water partition coefficient (Wildman–Crippen LogP) is 2.55. The molecule has 20 heavy (non-hydrogen) atoms. The van der Waals surface area contributed by atoms with Crippen molar-refractivity contribution in [3.05, 3.63) is 29.6 Å². The van der Waals surface area contributed by atoms with Gasteiger partial charge in [0.2, 0.25) is 0 Å². The van der Waals surface area contributed by atoms with E-state index in [-0.39, 0.29) is 5.82 Å². The molecule has 1 N–H and O–H groups in total. The molecule has 0 aromatic heterocycles. The van der Waals surface area contributed by atoms with Crippen LogP contribution < -0.4 is 10.2 Å². The number of ether oxygens (including phenoxy) is 1. The Morgan fingerprint density at radius 3 is 2.90 bits per heavy atom. The van der Waals surface area contributed by atoms with Crippen LogP contribution in [-0.4, -0.2) is 32.8 Å². The second-order valence-electron chi connectivity index (χ2n) is 6.00. The van der Waals surface area contributed by atoms with E-state index in [4.69, 9.17) is 4.74 Å². The van der Waals surface area contributed by atoms with Crippen LogP contribution in [0.25, 0.3) is 0 Å². The van der Waals surface area contributed by atoms with Crippen molar-refractivity contribution >= 4 is 5.69 Å². The summed E-state index contributed by atoms with van der Waals surface area (Å²) in [6.07, 6.45) is 3.60. The maximum Gasteiger partial charge on any atom is 0.146 e. The van der Waals surface area contributed by atoms with Crippen LogP contribution >= 0.6 is 0 Å². The lowest BCUT2D eigenvalue weighted by Crippen LogP contribution is -2.22. The fourth-order valence-electron chi connectivity index (χ4n) is 2.89. The molecular weight excluding hydrogens is 255 g/mol. The van der Waals surface area contributed by atoms with Crippen molar-refractivity contribution in [1.82, 2.24) is 5.32 Å². The molecule has 1 aromatic carbocycles. The van der Waals surface area contributed by atoms with E-state index in [1.165, 1.54) is 12.8 Å². The van der Waals surface area contributed by atoms with E-state index in [1.54, 1.807) is 13.2 Å². The SMILES string of the molecule is COCC1CCN(c2ccc(CNC3CC3)cc2F)C1. The first-order chi connectivity index (χ1) is 9.76. The predicted molar refractivity (Wildman–Crippen MR) is 78.5 cm³/mol. The monoisotopic (exact) mass is 278 g/mol. The Morgan fingerprint density at radius 1 is 1.35 bits per heavy atom. The van der Waals surface area contributed by atoms with Gasteiger partial charge < -0.3 is 15.0 Å². The zero-order valence-corrected chi connectivity index (χ0v) is 12.1. The van der Waals surface area contributed by atoms with E-state index in [9.17, 15) is 4.39 Å². The van der Waals surface area contributed by atoms with Crippen LogP contribution in [0.5, 0.6) is 0 Å². The summed E-state index contributed by atoms with van der Waals surface area (Å²) in [6, 6.07) is 6.30. The Labute approximate surface area is 120 Å². The van der Waals surface area contributed by atoms with Gasteiger partial charge in [-0.1, -0.05) is 6.07 Å². The average Bonchev–Trinajstić information content (AvgIpc) is 3.16. The van der Waals surface area contributed by atoms with Crippen LogP contribution in [0.2, 0.25) is 0 Å². The minimum atomic E-state index is -0.0989. The molecule has 3 rings (SSSR count). The van der Waals surface area contributed by atoms with Crippen LogP contribution in [-0.2, 0) is 11.3 Å². The topological polar surface area (TPSA) is 24.5 Å². The van der Waals surface area contributed by atoms with Crippen molar-refractivity contribution in [3.8, 4) is 0 Å². The molecule has 1 aliphatic carbocycles. The van der Waals surface area contributed by atoms with E-state index in [1.807, 2.05) is 12.1 Å². The molecule has 3 nitrogen and oxygen atoms in total. The number of halogens is 1. The number of rotatable bonds is 6. The minimum Gasteiger partial charge on any atom is -0.384 e. The smallest absolute Gasteiger partial charge is 0.146 e. The molecule has 0 amide bonds. The molecule has 1 aliphatic heterocycles. The van der Waals surface area contributed by atoms with Crippen LogP contribution in [0.1, 0.15) is 24.8 Å². The lowest BCUT2D eigenvalue weighted by Gasteiger charge is -2.20. The first-order valence-corrected chi connectivity index (χ1v) is 7.52. The van der Waals surface area contributed by atoms with Gasteiger partial charge in [-0.25, -0.2) is 4.39 Å². The second kappa shape index (κ2) is 6.10. The molecule has 0 radical (unpaired) electrons. The van der Waals surface area contributed by atoms with Gasteiger partial charge >= 0.3 is 0 Å². The molecule has 1 saturated heterocycles. The third-order valence-corrected chi connectivity index (χ3v) is 4.21. The average molecular weight is 278 g/mol. The summed E-state index contributed by atoms with van der Waals surface area (Å²) >= 11 is 0. The van der Waals surface area contributed by atoms with Crippen molar-refractivity contribution in [2.45, 2.75) is 31.8 Å². The van der Waals surface area contributed by atoms with Gasteiger partial charge in [-0.2, -0.15) is 0 Å². The Bertz CT molecular complexity index is 462. The van der Waals surface area contributed by atoms with Crippen molar-refractivity contribution in [3.63, 3.8) is 0 Å². The Hall–Kier alpha value is -1.13. The summed E-state index contributed by atoms with van der Waals surface area (Å²) in [5.74, 6) is 0.425. The third kappa shape index (κ3) is 3.30. The van der Waals surface area contributed by atoms with Gasteiger partial charge in [-0.15, -0.1) is 0 Å². The van der Waals surface area contributed by atoms with Crippen molar-refractivity contribution in [1.29, 1.82) is 0 Å². The summed E-state index contributed by atoms with van der Waals surface area (Å²) in [6.45, 7) is 3.35. The van der Waals surface area contributed by atoms with E-state index in [2.05, 4.69) is 10.2 Å². The maximum absolute atomic E-state index is 14.3. The van der Waals surface area contributed by atoms with Gasteiger partial charge in [0.1, 0.15) is 5.82 Å². The van der Waals surface area contributed by atoms with Crippen LogP contribution in [0.3, 0.4) is 0 Å². The van der Waals surface area contributed by atoms with Crippen LogP contribution in [0.4, 0.5) is 10.1 Å². The highest BCUT2D eigenvalue weighted by molar-refractivity contribution is 5.50. The molecule has 2 fully saturated rings. The summed E-state index contributed by atoms with van der Waals surface area (Å²) in [7, 11) is 1.73. The number of nitrogens with zero attached hydrogens (tertiary/aromatic N) is 1. The number of nitrogens with one attached hydrogen (secondary N) is 1. The molecule has 110 valence electrons. The van der Waals surface area contributed by atoms with Gasteiger partial charge in [-0.3, -0.25) is 0 Å². The molecule has 1 atom stereocenters. The zero-order valence-electron chi connectivity index (χ0n) is 12.1. The molecular formula is C16H23FN2O. The molecule has 1 aromatic rings. The summed E-state index contributed by atoms with van der Waals surface area (Å²) in [4.78, 5) is 2.14. The fourth-order valence-corrected chi connectivity index (χ4v) is 2.89. The van der Waals surface area contributed by atoms with Gasteiger partial charge in [-0.05, 0) is 37.0 Å². The lowest BCUT2D eigenvalue weighted by atomic mass is 10.1. The first-order valence-electron chi connectivity index (χ1n) is 7.52. The Balaban J connectivity index is 1.61. The molecule has 0 bridgehead atoms. The van der Waals surface area contributed by atoms with Gasteiger partial charge in [0, 0.05) is 38.7 Å². The maximum atomic E-state index is 14.3. The first kappa shape index (κ1) is 13.8. The zero-order chi connectivity index (χ0) is 13.9. The summed E-state index contributed by atoms with van der Waals surface area (Å²) < 4.78 is 19.4. The van der Waals surface area contributed by atoms with Crippen molar-refractivity contribution < 1.29 is 9.13 Å². The molecule has 0 spiro atoms. The van der Waals surface area contributed by atoms with Crippen molar-refractivity contribution in [2.24, 2.45) is 5.92 Å². The van der Waals surface area contributed by atoms with Gasteiger partial charge in [0.05, 0.1) is 12.3 Å². The molecule has 2 aliphatic rings. The van der Waals surface area contributed by atoms with E-state index >= 15 is 0 Å². The van der Waals surface area contributed by atoms with Gasteiger partial charge in [0.25, 0.3) is 0 Å². The highest BCUT2D eigenvalue weighted by Gasteiger charge is 2.24. The Kier molecular flexibility index (Phi) is 4.22. The molecule has 1 saturated carbocycles.